The molecule has 2 aromatic rings. The summed E-state index contributed by atoms with van der Waals surface area (Å²) in [5.41, 5.74) is 2.57. The number of likely N-dealkylation sites (tertiary alicyclic amines) is 1. The second-order valence-electron chi connectivity index (χ2n) is 8.21. The monoisotopic (exact) mass is 430 g/mol. The molecule has 4 heterocycles. The number of ether oxygens (including phenoxy) is 1. The maximum atomic E-state index is 13.0. The summed E-state index contributed by atoms with van der Waals surface area (Å²) < 4.78 is 12.1. The zero-order chi connectivity index (χ0) is 21.8. The van der Waals surface area contributed by atoms with Gasteiger partial charge in [-0.05, 0) is 32.9 Å². The normalized spacial score (nSPS) is 18.7. The zero-order valence-electron chi connectivity index (χ0n) is 18.1. The number of aromatic nitrogens is 3. The number of hydrogen-bond donors (Lipinski definition) is 2. The van der Waals surface area contributed by atoms with Crippen molar-refractivity contribution in [1.82, 2.24) is 30.5 Å². The summed E-state index contributed by atoms with van der Waals surface area (Å²) in [7, 11) is 1.59. The van der Waals surface area contributed by atoms with E-state index in [9.17, 15) is 9.59 Å². The molecule has 2 aromatic heterocycles. The van der Waals surface area contributed by atoms with Crippen molar-refractivity contribution in [3.8, 4) is 0 Å². The van der Waals surface area contributed by atoms with E-state index < -0.39 is 0 Å². The molecule has 0 bridgehead atoms. The Bertz CT molecular complexity index is 930. The van der Waals surface area contributed by atoms with Crippen LogP contribution in [-0.4, -0.2) is 71.0 Å². The third-order valence-corrected chi connectivity index (χ3v) is 5.98. The third-order valence-electron chi connectivity index (χ3n) is 5.98. The number of hydrogen-bond acceptors (Lipinski definition) is 7. The topological polar surface area (TPSA) is 115 Å². The van der Waals surface area contributed by atoms with Gasteiger partial charge >= 0.3 is 0 Å². The molecule has 10 nitrogen and oxygen atoms in total. The van der Waals surface area contributed by atoms with E-state index in [1.165, 1.54) is 19.3 Å². The van der Waals surface area contributed by atoms with Gasteiger partial charge in [-0.1, -0.05) is 11.6 Å². The minimum absolute atomic E-state index is 0.151. The van der Waals surface area contributed by atoms with Gasteiger partial charge in [0.2, 0.25) is 0 Å². The Balaban J connectivity index is 1.38. The minimum Gasteiger partial charge on any atom is -0.383 e. The minimum atomic E-state index is -0.245. The predicted octanol–water partition coefficient (Wildman–Crippen LogP) is 0.896. The number of piperidine rings is 1. The van der Waals surface area contributed by atoms with Gasteiger partial charge in [0.15, 0.2) is 5.69 Å². The number of nitrogens with zero attached hydrogens (tertiary/aromatic N) is 4. The maximum Gasteiger partial charge on any atom is 0.274 e. The van der Waals surface area contributed by atoms with E-state index in [2.05, 4.69) is 25.8 Å². The molecule has 2 N–H and O–H groups in total. The van der Waals surface area contributed by atoms with Crippen molar-refractivity contribution in [2.24, 2.45) is 0 Å². The number of carbonyl (C=O) groups is 2. The highest BCUT2D eigenvalue weighted by Gasteiger charge is 2.31. The second-order valence-corrected chi connectivity index (χ2v) is 8.21. The largest absolute Gasteiger partial charge is 0.383 e. The molecule has 1 saturated heterocycles. The van der Waals surface area contributed by atoms with Crippen LogP contribution in [0.15, 0.2) is 10.7 Å². The summed E-state index contributed by atoms with van der Waals surface area (Å²) in [6.45, 7) is 6.00. The Morgan fingerprint density at radius 2 is 2.06 bits per heavy atom. The molecule has 0 aromatic carbocycles. The quantitative estimate of drug-likeness (QED) is 0.598. The third kappa shape index (κ3) is 4.80. The molecule has 2 aliphatic rings. The molecule has 0 unspecified atom stereocenters. The fourth-order valence-electron chi connectivity index (χ4n) is 4.29. The lowest BCUT2D eigenvalue weighted by Crippen LogP contribution is -2.37. The van der Waals surface area contributed by atoms with Gasteiger partial charge in [0.05, 0.1) is 36.6 Å². The number of fused-ring (bicyclic) bond motifs is 1. The van der Waals surface area contributed by atoms with E-state index in [4.69, 9.17) is 9.26 Å². The molecule has 168 valence electrons. The molecule has 2 amide bonds. The first-order valence-electron chi connectivity index (χ1n) is 10.9. The van der Waals surface area contributed by atoms with Crippen LogP contribution >= 0.6 is 0 Å². The highest BCUT2D eigenvalue weighted by Crippen LogP contribution is 2.22. The number of carbonyl (C=O) groups excluding carboxylic acids is 2. The van der Waals surface area contributed by atoms with Crippen molar-refractivity contribution >= 4 is 11.8 Å². The first-order valence-corrected chi connectivity index (χ1v) is 10.9. The predicted molar refractivity (Wildman–Crippen MR) is 112 cm³/mol. The number of amides is 2. The summed E-state index contributed by atoms with van der Waals surface area (Å²) >= 11 is 0. The van der Waals surface area contributed by atoms with Crippen molar-refractivity contribution < 1.29 is 18.8 Å². The van der Waals surface area contributed by atoms with Crippen molar-refractivity contribution in [3.63, 3.8) is 0 Å². The van der Waals surface area contributed by atoms with Gasteiger partial charge in [0.1, 0.15) is 5.76 Å². The lowest BCUT2D eigenvalue weighted by Gasteiger charge is -2.26. The van der Waals surface area contributed by atoms with Crippen LogP contribution in [0.4, 0.5) is 0 Å². The van der Waals surface area contributed by atoms with Gasteiger partial charge in [0.25, 0.3) is 11.8 Å². The van der Waals surface area contributed by atoms with E-state index in [0.29, 0.717) is 49.7 Å². The smallest absolute Gasteiger partial charge is 0.274 e. The van der Waals surface area contributed by atoms with E-state index in [0.717, 1.165) is 24.3 Å². The first-order chi connectivity index (χ1) is 15.1. The molecule has 31 heavy (non-hydrogen) atoms. The van der Waals surface area contributed by atoms with Crippen LogP contribution in [0.2, 0.25) is 0 Å². The number of nitrogens with one attached hydrogen (secondary N) is 2. The van der Waals surface area contributed by atoms with Crippen LogP contribution < -0.4 is 10.6 Å². The number of rotatable bonds is 8. The van der Waals surface area contributed by atoms with Gasteiger partial charge in [-0.15, -0.1) is 0 Å². The highest BCUT2D eigenvalue weighted by molar-refractivity contribution is 5.95. The van der Waals surface area contributed by atoms with E-state index in [1.807, 2.05) is 6.92 Å². The van der Waals surface area contributed by atoms with E-state index in [1.54, 1.807) is 18.0 Å². The number of aryl methyl sites for hydroxylation is 1. The Morgan fingerprint density at radius 3 is 2.84 bits per heavy atom. The van der Waals surface area contributed by atoms with Crippen LogP contribution in [0.5, 0.6) is 0 Å². The van der Waals surface area contributed by atoms with Crippen molar-refractivity contribution in [3.05, 3.63) is 34.5 Å². The molecule has 10 heteroatoms. The summed E-state index contributed by atoms with van der Waals surface area (Å²) in [4.78, 5) is 27.7. The van der Waals surface area contributed by atoms with Crippen molar-refractivity contribution in [1.29, 1.82) is 0 Å². The average Bonchev–Trinajstić information content (AvgIpc) is 3.44. The first kappa shape index (κ1) is 21.5. The molecule has 2 aliphatic heterocycles. The fourth-order valence-corrected chi connectivity index (χ4v) is 4.29. The van der Waals surface area contributed by atoms with Crippen LogP contribution in [-0.2, 0) is 24.2 Å². The number of methoxy groups -OCH3 is 1. The molecule has 0 saturated carbocycles. The average molecular weight is 431 g/mol. The molecule has 0 spiro atoms. The summed E-state index contributed by atoms with van der Waals surface area (Å²) in [6.07, 6.45) is 5.74. The van der Waals surface area contributed by atoms with Crippen LogP contribution in [0.25, 0.3) is 0 Å². The van der Waals surface area contributed by atoms with Crippen molar-refractivity contribution in [2.45, 2.75) is 51.7 Å². The van der Waals surface area contributed by atoms with Crippen LogP contribution in [0.1, 0.15) is 57.1 Å². The van der Waals surface area contributed by atoms with Gasteiger partial charge in [0, 0.05) is 32.2 Å². The Labute approximate surface area is 181 Å². The lowest BCUT2D eigenvalue weighted by atomic mass is 10.1. The molecule has 1 atom stereocenters. The summed E-state index contributed by atoms with van der Waals surface area (Å²) in [5.74, 6) is 0.261. The summed E-state index contributed by atoms with van der Waals surface area (Å²) in [5, 5.41) is 14.2. The molecule has 4 rings (SSSR count). The standard InChI is InChI=1S/C21H30N6O4/c1-14-17(13-26-7-4-3-5-8-26)19(25-31-14)21(29)24-15-10-18-16(11-23-27(18)12-15)20(28)22-6-9-30-2/h11,15H,3-10,12-13H2,1-2H3,(H,22,28)(H,24,29)/t15-/m0/s1. The van der Waals surface area contributed by atoms with Crippen molar-refractivity contribution in [2.75, 3.05) is 33.4 Å². The molecule has 0 radical (unpaired) electrons. The Hall–Kier alpha value is -2.72. The maximum absolute atomic E-state index is 13.0. The molecule has 1 fully saturated rings. The van der Waals surface area contributed by atoms with Crippen LogP contribution in [0, 0.1) is 6.92 Å². The van der Waals surface area contributed by atoms with Gasteiger partial charge < -0.3 is 19.9 Å². The van der Waals surface area contributed by atoms with E-state index in [-0.39, 0.29) is 17.9 Å². The SMILES string of the molecule is COCCNC(=O)c1cnn2c1C[C@H](NC(=O)c1noc(C)c1CN1CCCCC1)C2. The van der Waals surface area contributed by atoms with Gasteiger partial charge in [-0.2, -0.15) is 5.10 Å². The molecule has 0 aliphatic carbocycles. The van der Waals surface area contributed by atoms with E-state index >= 15 is 0 Å². The zero-order valence-corrected chi connectivity index (χ0v) is 18.1. The lowest BCUT2D eigenvalue weighted by molar-refractivity contribution is 0.0923. The molecular weight excluding hydrogens is 400 g/mol. The van der Waals surface area contributed by atoms with Gasteiger partial charge in [-0.25, -0.2) is 0 Å². The van der Waals surface area contributed by atoms with Gasteiger partial charge in [-0.3, -0.25) is 19.2 Å². The summed E-state index contributed by atoms with van der Waals surface area (Å²) in [6, 6.07) is -0.151. The highest BCUT2D eigenvalue weighted by atomic mass is 16.5. The van der Waals surface area contributed by atoms with Crippen LogP contribution in [0.3, 0.4) is 0 Å². The second kappa shape index (κ2) is 9.61. The Morgan fingerprint density at radius 1 is 1.26 bits per heavy atom. The molecular formula is C21H30N6O4. The fraction of sp³-hybridized carbons (Fsp3) is 0.619. The Kier molecular flexibility index (Phi) is 6.67.